The van der Waals surface area contributed by atoms with E-state index in [-0.39, 0.29) is 5.88 Å². The topological polar surface area (TPSA) is 64.3 Å². The highest BCUT2D eigenvalue weighted by atomic mass is 19.4. The fraction of sp³-hybridized carbons (Fsp3) is 0.636. The smallest absolute Gasteiger partial charge is 0.432 e. The van der Waals surface area contributed by atoms with Crippen molar-refractivity contribution in [1.29, 1.82) is 0 Å². The van der Waals surface area contributed by atoms with Gasteiger partial charge in [0.05, 0.1) is 12.0 Å². The van der Waals surface area contributed by atoms with Crippen molar-refractivity contribution in [2.75, 3.05) is 6.61 Å². The standard InChI is InChI=1S/C11H13F3N2O3/c12-11(13,14)10(4-5-10)3-1-7-19-8-2-6-16(15-8)9(17)18/h2,6H,1,3-5,7H2,(H,17,18)/i1D2,3D2. The van der Waals surface area contributed by atoms with E-state index in [0.717, 1.165) is 12.3 Å². The van der Waals surface area contributed by atoms with Gasteiger partial charge in [0.15, 0.2) is 0 Å². The van der Waals surface area contributed by atoms with Crippen LogP contribution < -0.4 is 4.74 Å². The summed E-state index contributed by atoms with van der Waals surface area (Å²) in [5.74, 6) is -0.330. The molecule has 1 heterocycles. The number of hydrogen-bond acceptors (Lipinski definition) is 3. The number of halogens is 3. The number of ether oxygens (including phenoxy) is 1. The number of carboxylic acid groups (broad SMARTS) is 1. The lowest BCUT2D eigenvalue weighted by Crippen LogP contribution is -2.24. The maximum atomic E-state index is 13.0. The van der Waals surface area contributed by atoms with Crippen LogP contribution in [0, 0.1) is 5.41 Å². The van der Waals surface area contributed by atoms with Crippen molar-refractivity contribution in [1.82, 2.24) is 9.78 Å². The van der Waals surface area contributed by atoms with Gasteiger partial charge >= 0.3 is 12.3 Å². The summed E-state index contributed by atoms with van der Waals surface area (Å²) in [6, 6.07) is 1.08. The lowest BCUT2D eigenvalue weighted by atomic mass is 10.0. The summed E-state index contributed by atoms with van der Waals surface area (Å²) in [6.45, 7) is -1.03. The number of alkyl halides is 3. The summed E-state index contributed by atoms with van der Waals surface area (Å²) in [5.41, 5.74) is -2.73. The maximum absolute atomic E-state index is 13.0. The SMILES string of the molecule is [2H]C([2H])(COc1ccn(C(=O)O)n1)C([2H])([2H])C1(C(F)(F)F)CC1. The van der Waals surface area contributed by atoms with E-state index in [9.17, 15) is 18.0 Å². The minimum atomic E-state index is -4.87. The summed E-state index contributed by atoms with van der Waals surface area (Å²) < 4.78 is 75.1. The molecule has 0 aromatic carbocycles. The molecule has 0 bridgehead atoms. The van der Waals surface area contributed by atoms with Gasteiger partial charge in [-0.3, -0.25) is 0 Å². The summed E-state index contributed by atoms with van der Waals surface area (Å²) >= 11 is 0. The van der Waals surface area contributed by atoms with Gasteiger partial charge in [-0.25, -0.2) is 4.79 Å². The van der Waals surface area contributed by atoms with Crippen LogP contribution in [0.15, 0.2) is 12.3 Å². The van der Waals surface area contributed by atoms with Crippen molar-refractivity contribution in [3.05, 3.63) is 12.3 Å². The Kier molecular flexibility index (Phi) is 2.30. The van der Waals surface area contributed by atoms with Crippen LogP contribution in [0.1, 0.15) is 31.1 Å². The summed E-state index contributed by atoms with van der Waals surface area (Å²) in [4.78, 5) is 10.6. The van der Waals surface area contributed by atoms with E-state index in [2.05, 4.69) is 5.10 Å². The van der Waals surface area contributed by atoms with E-state index in [1.807, 2.05) is 0 Å². The van der Waals surface area contributed by atoms with Gasteiger partial charge < -0.3 is 9.84 Å². The highest BCUT2D eigenvalue weighted by Crippen LogP contribution is 2.60. The molecule has 0 radical (unpaired) electrons. The summed E-state index contributed by atoms with van der Waals surface area (Å²) in [5, 5.41) is 12.1. The second kappa shape index (κ2) is 4.75. The van der Waals surface area contributed by atoms with Gasteiger partial charge in [-0.05, 0) is 25.6 Å². The van der Waals surface area contributed by atoms with Crippen molar-refractivity contribution in [3.63, 3.8) is 0 Å². The minimum absolute atomic E-state index is 0.330. The predicted molar refractivity (Wildman–Crippen MR) is 58.1 cm³/mol. The Bertz CT molecular complexity index is 614. The first-order chi connectivity index (χ1) is 10.3. The molecule has 0 aliphatic heterocycles. The first-order valence-electron chi connectivity index (χ1n) is 7.33. The molecule has 0 saturated heterocycles. The third-order valence-corrected chi connectivity index (χ3v) is 2.67. The Labute approximate surface area is 112 Å². The van der Waals surface area contributed by atoms with Crippen molar-refractivity contribution in [2.24, 2.45) is 5.41 Å². The van der Waals surface area contributed by atoms with Crippen molar-refractivity contribution < 1.29 is 33.3 Å². The van der Waals surface area contributed by atoms with Gasteiger partial charge in [-0.15, -0.1) is 5.10 Å². The third kappa shape index (κ3) is 2.99. The Hall–Kier alpha value is -1.73. The molecule has 5 nitrogen and oxygen atoms in total. The fourth-order valence-corrected chi connectivity index (χ4v) is 1.41. The molecule has 1 aromatic rings. The highest BCUT2D eigenvalue weighted by molar-refractivity contribution is 5.66. The molecule has 2 rings (SSSR count). The van der Waals surface area contributed by atoms with Crippen LogP contribution >= 0.6 is 0 Å². The molecule has 19 heavy (non-hydrogen) atoms. The van der Waals surface area contributed by atoms with Crippen LogP contribution in [0.2, 0.25) is 0 Å². The molecule has 106 valence electrons. The number of carbonyl (C=O) groups is 1. The highest BCUT2D eigenvalue weighted by Gasteiger charge is 2.62. The van der Waals surface area contributed by atoms with Gasteiger partial charge in [0, 0.05) is 17.7 Å². The maximum Gasteiger partial charge on any atom is 0.432 e. The zero-order chi connectivity index (χ0) is 17.7. The molecule has 1 saturated carbocycles. The van der Waals surface area contributed by atoms with Crippen LogP contribution in [0.5, 0.6) is 5.88 Å². The second-order valence-corrected chi connectivity index (χ2v) is 4.05. The molecule has 1 aliphatic carbocycles. The van der Waals surface area contributed by atoms with Gasteiger partial charge in [0.25, 0.3) is 0 Å². The first kappa shape index (κ1) is 9.22. The number of nitrogens with zero attached hydrogens (tertiary/aromatic N) is 2. The Morgan fingerprint density at radius 3 is 2.79 bits per heavy atom. The third-order valence-electron chi connectivity index (χ3n) is 2.67. The van der Waals surface area contributed by atoms with Gasteiger partial charge in [-0.2, -0.15) is 17.9 Å². The molecular weight excluding hydrogens is 265 g/mol. The zero-order valence-corrected chi connectivity index (χ0v) is 9.57. The molecular formula is C11H13F3N2O3. The van der Waals surface area contributed by atoms with Crippen molar-refractivity contribution >= 4 is 6.09 Å². The molecule has 1 aromatic heterocycles. The normalized spacial score (nSPS) is 21.8. The number of aromatic nitrogens is 2. The molecule has 1 fully saturated rings. The van der Waals surface area contributed by atoms with E-state index in [0.29, 0.717) is 4.68 Å². The molecule has 0 amide bonds. The van der Waals surface area contributed by atoms with Crippen LogP contribution in [0.3, 0.4) is 0 Å². The van der Waals surface area contributed by atoms with E-state index >= 15 is 0 Å². The largest absolute Gasteiger partial charge is 0.477 e. The van der Waals surface area contributed by atoms with E-state index < -0.39 is 49.9 Å². The average Bonchev–Trinajstić information content (AvgIpc) is 3.10. The summed E-state index contributed by atoms with van der Waals surface area (Å²) in [6.07, 6.45) is -12.4. The van der Waals surface area contributed by atoms with Crippen LogP contribution in [-0.2, 0) is 0 Å². The van der Waals surface area contributed by atoms with Gasteiger partial charge in [-0.1, -0.05) is 0 Å². The number of hydrogen-bond donors (Lipinski definition) is 1. The monoisotopic (exact) mass is 282 g/mol. The average molecular weight is 282 g/mol. The van der Waals surface area contributed by atoms with Crippen molar-refractivity contribution in [2.45, 2.75) is 31.8 Å². The Morgan fingerprint density at radius 2 is 2.32 bits per heavy atom. The Balaban J connectivity index is 2.13. The fourth-order valence-electron chi connectivity index (χ4n) is 1.41. The Morgan fingerprint density at radius 1 is 1.63 bits per heavy atom. The van der Waals surface area contributed by atoms with Crippen LogP contribution in [0.25, 0.3) is 0 Å². The lowest BCUT2D eigenvalue weighted by Gasteiger charge is -2.18. The molecule has 8 heteroatoms. The first-order valence-corrected chi connectivity index (χ1v) is 5.33. The molecule has 0 unspecified atom stereocenters. The predicted octanol–water partition coefficient (Wildman–Crippen LogP) is 2.91. The van der Waals surface area contributed by atoms with E-state index in [1.165, 1.54) is 0 Å². The molecule has 1 aliphatic rings. The second-order valence-electron chi connectivity index (χ2n) is 4.05. The van der Waals surface area contributed by atoms with Gasteiger partial charge in [0.1, 0.15) is 0 Å². The van der Waals surface area contributed by atoms with Crippen LogP contribution in [-0.4, -0.2) is 33.8 Å². The van der Waals surface area contributed by atoms with E-state index in [4.69, 9.17) is 15.3 Å². The quantitative estimate of drug-likeness (QED) is 0.901. The molecule has 0 atom stereocenters. The van der Waals surface area contributed by atoms with E-state index in [1.54, 1.807) is 0 Å². The molecule has 1 N–H and O–H groups in total. The van der Waals surface area contributed by atoms with Gasteiger partial charge in [0.2, 0.25) is 5.88 Å². The molecule has 0 spiro atoms. The lowest BCUT2D eigenvalue weighted by molar-refractivity contribution is -0.189. The summed E-state index contributed by atoms with van der Waals surface area (Å²) in [7, 11) is 0. The van der Waals surface area contributed by atoms with Crippen LogP contribution in [0.4, 0.5) is 18.0 Å². The number of rotatable bonds is 5. The van der Waals surface area contributed by atoms with Crippen molar-refractivity contribution in [3.8, 4) is 5.88 Å². The minimum Gasteiger partial charge on any atom is -0.477 e. The zero-order valence-electron chi connectivity index (χ0n) is 13.6.